The summed E-state index contributed by atoms with van der Waals surface area (Å²) in [5.41, 5.74) is 2.14. The Morgan fingerprint density at radius 1 is 1.21 bits per heavy atom. The molecule has 0 aliphatic carbocycles. The number of halogens is 2. The van der Waals surface area contributed by atoms with Crippen molar-refractivity contribution in [3.63, 3.8) is 0 Å². The van der Waals surface area contributed by atoms with Gasteiger partial charge < -0.3 is 10.1 Å². The molecular weight excluding hydrogens is 326 g/mol. The van der Waals surface area contributed by atoms with Gasteiger partial charge in [0, 0.05) is 16.0 Å². The molecule has 0 saturated heterocycles. The Hall–Kier alpha value is -1.03. The maximum absolute atomic E-state index is 6.22. The van der Waals surface area contributed by atoms with Crippen LogP contribution in [0.2, 0.25) is 5.02 Å². The van der Waals surface area contributed by atoms with E-state index in [1.54, 1.807) is 0 Å². The van der Waals surface area contributed by atoms with Gasteiger partial charge in [-0.05, 0) is 49.4 Å². The van der Waals surface area contributed by atoms with Gasteiger partial charge in [-0.15, -0.1) is 0 Å². The number of aryl methyl sites for hydroxylation is 1. The fourth-order valence-corrected chi connectivity index (χ4v) is 2.31. The lowest BCUT2D eigenvalue weighted by Gasteiger charge is -2.11. The van der Waals surface area contributed by atoms with Crippen LogP contribution in [0.4, 0.5) is 0 Å². The predicted molar refractivity (Wildman–Crippen MR) is 83.2 cm³/mol. The van der Waals surface area contributed by atoms with Gasteiger partial charge in [0.25, 0.3) is 0 Å². The highest BCUT2D eigenvalue weighted by Crippen LogP contribution is 2.30. The van der Waals surface area contributed by atoms with Gasteiger partial charge in [-0.3, -0.25) is 0 Å². The van der Waals surface area contributed by atoms with Crippen molar-refractivity contribution in [2.24, 2.45) is 0 Å². The Kier molecular flexibility index (Phi) is 4.86. The van der Waals surface area contributed by atoms with Crippen molar-refractivity contribution in [3.05, 3.63) is 57.0 Å². The van der Waals surface area contributed by atoms with E-state index in [0.717, 1.165) is 33.6 Å². The van der Waals surface area contributed by atoms with E-state index in [4.69, 9.17) is 16.3 Å². The van der Waals surface area contributed by atoms with Crippen molar-refractivity contribution in [2.75, 3.05) is 7.05 Å². The fourth-order valence-electron chi connectivity index (χ4n) is 1.74. The average molecular weight is 341 g/mol. The summed E-state index contributed by atoms with van der Waals surface area (Å²) in [4.78, 5) is 0. The summed E-state index contributed by atoms with van der Waals surface area (Å²) >= 11 is 9.66. The molecule has 0 fully saturated rings. The minimum Gasteiger partial charge on any atom is -0.457 e. The highest BCUT2D eigenvalue weighted by atomic mass is 79.9. The molecule has 0 saturated carbocycles. The van der Waals surface area contributed by atoms with Gasteiger partial charge in [-0.25, -0.2) is 0 Å². The summed E-state index contributed by atoms with van der Waals surface area (Å²) in [6.45, 7) is 2.76. The first-order chi connectivity index (χ1) is 9.10. The zero-order valence-corrected chi connectivity index (χ0v) is 13.2. The lowest BCUT2D eigenvalue weighted by atomic mass is 10.2. The number of nitrogens with one attached hydrogen (secondary N) is 1. The van der Waals surface area contributed by atoms with Crippen LogP contribution in [0.3, 0.4) is 0 Å². The number of hydrogen-bond donors (Lipinski definition) is 1. The van der Waals surface area contributed by atoms with Gasteiger partial charge >= 0.3 is 0 Å². The summed E-state index contributed by atoms with van der Waals surface area (Å²) in [6, 6.07) is 11.7. The molecule has 0 bridgehead atoms. The lowest BCUT2D eigenvalue weighted by Crippen LogP contribution is -2.05. The number of benzene rings is 2. The molecule has 0 aliphatic heterocycles. The second-order valence-electron chi connectivity index (χ2n) is 4.30. The maximum atomic E-state index is 6.22. The van der Waals surface area contributed by atoms with E-state index in [-0.39, 0.29) is 0 Å². The van der Waals surface area contributed by atoms with E-state index in [9.17, 15) is 0 Å². The highest BCUT2D eigenvalue weighted by Gasteiger charge is 2.05. The third-order valence-corrected chi connectivity index (χ3v) is 3.61. The Morgan fingerprint density at radius 3 is 2.68 bits per heavy atom. The standard InChI is InChI=1S/C15H15BrClNO/c1-10-3-5-12(16)7-15(10)19-13-6-4-11(9-18-2)14(17)8-13/h3-8,18H,9H2,1-2H3. The first-order valence-electron chi connectivity index (χ1n) is 5.97. The summed E-state index contributed by atoms with van der Waals surface area (Å²) in [5, 5.41) is 3.79. The summed E-state index contributed by atoms with van der Waals surface area (Å²) < 4.78 is 6.86. The van der Waals surface area contributed by atoms with E-state index in [0.29, 0.717) is 5.02 Å². The molecular formula is C15H15BrClNO. The molecule has 100 valence electrons. The quantitative estimate of drug-likeness (QED) is 0.852. The highest BCUT2D eigenvalue weighted by molar-refractivity contribution is 9.10. The first kappa shape index (κ1) is 14.4. The van der Waals surface area contributed by atoms with Crippen molar-refractivity contribution < 1.29 is 4.74 Å². The molecule has 0 amide bonds. The van der Waals surface area contributed by atoms with Crippen LogP contribution < -0.4 is 10.1 Å². The number of ether oxygens (including phenoxy) is 1. The van der Waals surface area contributed by atoms with Gasteiger partial charge in [-0.1, -0.05) is 39.7 Å². The van der Waals surface area contributed by atoms with E-state index >= 15 is 0 Å². The third kappa shape index (κ3) is 3.72. The molecule has 0 aromatic heterocycles. The maximum Gasteiger partial charge on any atom is 0.131 e. The van der Waals surface area contributed by atoms with Crippen LogP contribution in [-0.4, -0.2) is 7.05 Å². The fraction of sp³-hybridized carbons (Fsp3) is 0.200. The van der Waals surface area contributed by atoms with Gasteiger partial charge in [0.15, 0.2) is 0 Å². The molecule has 0 radical (unpaired) electrons. The first-order valence-corrected chi connectivity index (χ1v) is 7.14. The van der Waals surface area contributed by atoms with Gasteiger partial charge in [0.1, 0.15) is 11.5 Å². The van der Waals surface area contributed by atoms with Crippen molar-refractivity contribution in [1.82, 2.24) is 5.32 Å². The van der Waals surface area contributed by atoms with Crippen molar-refractivity contribution in [1.29, 1.82) is 0 Å². The predicted octanol–water partition coefficient (Wildman–Crippen LogP) is 4.92. The average Bonchev–Trinajstić information content (AvgIpc) is 2.37. The molecule has 2 rings (SSSR count). The van der Waals surface area contributed by atoms with Crippen molar-refractivity contribution >= 4 is 27.5 Å². The Labute approximate surface area is 126 Å². The van der Waals surface area contributed by atoms with E-state index in [1.165, 1.54) is 0 Å². The second-order valence-corrected chi connectivity index (χ2v) is 5.62. The monoisotopic (exact) mass is 339 g/mol. The molecule has 0 atom stereocenters. The molecule has 2 aromatic rings. The second kappa shape index (κ2) is 6.42. The third-order valence-electron chi connectivity index (χ3n) is 2.77. The Bertz CT molecular complexity index is 586. The van der Waals surface area contributed by atoms with Crippen LogP contribution >= 0.6 is 27.5 Å². The molecule has 19 heavy (non-hydrogen) atoms. The van der Waals surface area contributed by atoms with Crippen molar-refractivity contribution in [2.45, 2.75) is 13.5 Å². The van der Waals surface area contributed by atoms with Crippen LogP contribution in [-0.2, 0) is 6.54 Å². The molecule has 1 N–H and O–H groups in total. The lowest BCUT2D eigenvalue weighted by molar-refractivity contribution is 0.478. The summed E-state index contributed by atoms with van der Waals surface area (Å²) in [6.07, 6.45) is 0. The van der Waals surface area contributed by atoms with E-state index in [1.807, 2.05) is 50.4 Å². The van der Waals surface area contributed by atoms with Gasteiger partial charge in [0.05, 0.1) is 0 Å². The minimum absolute atomic E-state index is 0.708. The Balaban J connectivity index is 2.24. The number of hydrogen-bond acceptors (Lipinski definition) is 2. The van der Waals surface area contributed by atoms with Crippen LogP contribution in [0, 0.1) is 6.92 Å². The van der Waals surface area contributed by atoms with Gasteiger partial charge in [0.2, 0.25) is 0 Å². The summed E-state index contributed by atoms with van der Waals surface area (Å²) in [7, 11) is 1.89. The molecule has 0 spiro atoms. The summed E-state index contributed by atoms with van der Waals surface area (Å²) in [5.74, 6) is 1.57. The molecule has 0 heterocycles. The molecule has 0 unspecified atom stereocenters. The SMILES string of the molecule is CNCc1ccc(Oc2cc(Br)ccc2C)cc1Cl. The zero-order valence-electron chi connectivity index (χ0n) is 10.8. The molecule has 2 aromatic carbocycles. The van der Waals surface area contributed by atoms with Crippen LogP contribution in [0.25, 0.3) is 0 Å². The topological polar surface area (TPSA) is 21.3 Å². The van der Waals surface area contributed by atoms with Crippen LogP contribution in [0.1, 0.15) is 11.1 Å². The van der Waals surface area contributed by atoms with E-state index < -0.39 is 0 Å². The van der Waals surface area contributed by atoms with Gasteiger partial charge in [-0.2, -0.15) is 0 Å². The zero-order chi connectivity index (χ0) is 13.8. The molecule has 4 heteroatoms. The molecule has 0 aliphatic rings. The van der Waals surface area contributed by atoms with E-state index in [2.05, 4.69) is 21.2 Å². The van der Waals surface area contributed by atoms with Crippen molar-refractivity contribution in [3.8, 4) is 11.5 Å². The van der Waals surface area contributed by atoms with Crippen LogP contribution in [0.15, 0.2) is 40.9 Å². The molecule has 2 nitrogen and oxygen atoms in total. The Morgan fingerprint density at radius 2 is 2.00 bits per heavy atom. The number of rotatable bonds is 4. The minimum atomic E-state index is 0.708. The van der Waals surface area contributed by atoms with Crippen LogP contribution in [0.5, 0.6) is 11.5 Å². The largest absolute Gasteiger partial charge is 0.457 e. The normalized spacial score (nSPS) is 10.5. The smallest absolute Gasteiger partial charge is 0.131 e.